The summed E-state index contributed by atoms with van der Waals surface area (Å²) in [6, 6.07) is 3.56. The van der Waals surface area contributed by atoms with Gasteiger partial charge in [0, 0.05) is 0 Å². The van der Waals surface area contributed by atoms with Gasteiger partial charge in [-0.2, -0.15) is 0 Å². The van der Waals surface area contributed by atoms with Gasteiger partial charge in [0.1, 0.15) is 11.9 Å². The first-order chi connectivity index (χ1) is 11.7. The summed E-state index contributed by atoms with van der Waals surface area (Å²) in [4.78, 5) is 16.5. The summed E-state index contributed by atoms with van der Waals surface area (Å²) in [6.07, 6.45) is 8.32. The number of H-pyrrole nitrogens is 1. The molecule has 2 aromatic rings. The minimum atomic E-state index is -0.458. The lowest BCUT2D eigenvalue weighted by molar-refractivity contribution is -0.136. The van der Waals surface area contributed by atoms with Crippen LogP contribution in [0.3, 0.4) is 0 Å². The van der Waals surface area contributed by atoms with E-state index in [1.165, 1.54) is 25.7 Å². The van der Waals surface area contributed by atoms with Crippen LogP contribution in [0.2, 0.25) is 0 Å². The van der Waals surface area contributed by atoms with Crippen molar-refractivity contribution < 1.29 is 13.9 Å². The van der Waals surface area contributed by atoms with E-state index in [0.717, 1.165) is 12.8 Å². The number of aromatic nitrogens is 3. The molecule has 1 aliphatic rings. The molecule has 130 valence electrons. The van der Waals surface area contributed by atoms with Crippen molar-refractivity contribution in [1.82, 2.24) is 20.5 Å². The number of aromatic amines is 1. The van der Waals surface area contributed by atoms with Crippen LogP contribution < -0.4 is 5.32 Å². The molecule has 7 heteroatoms. The highest BCUT2D eigenvalue weighted by Gasteiger charge is 2.20. The molecule has 0 aromatic carbocycles. The smallest absolute Gasteiger partial charge is 0.249 e. The van der Waals surface area contributed by atoms with Crippen molar-refractivity contribution in [2.45, 2.75) is 64.2 Å². The molecule has 2 N–H and O–H groups in total. The van der Waals surface area contributed by atoms with Gasteiger partial charge < -0.3 is 14.5 Å². The molecule has 24 heavy (non-hydrogen) atoms. The molecule has 1 fully saturated rings. The normalized spacial score (nSPS) is 17.4. The average Bonchev–Trinajstić information content (AvgIpc) is 3.21. The average molecular weight is 332 g/mol. The first-order valence-corrected chi connectivity index (χ1v) is 8.60. The van der Waals surface area contributed by atoms with Crippen LogP contribution in [0.4, 0.5) is 0 Å². The Bertz CT molecular complexity index is 630. The Balaban J connectivity index is 1.46. The van der Waals surface area contributed by atoms with E-state index < -0.39 is 6.10 Å². The maximum absolute atomic E-state index is 12.2. The van der Waals surface area contributed by atoms with Crippen LogP contribution in [-0.4, -0.2) is 33.3 Å². The molecule has 3 rings (SSSR count). The summed E-state index contributed by atoms with van der Waals surface area (Å²) in [5.74, 6) is 1.52. The van der Waals surface area contributed by atoms with Gasteiger partial charge in [0.05, 0.1) is 18.9 Å². The Labute approximate surface area is 141 Å². The summed E-state index contributed by atoms with van der Waals surface area (Å²) < 4.78 is 11.2. The van der Waals surface area contributed by atoms with E-state index in [1.54, 1.807) is 25.3 Å². The minimum Gasteiger partial charge on any atom is -0.461 e. The Morgan fingerprint density at radius 2 is 2.21 bits per heavy atom. The van der Waals surface area contributed by atoms with Crippen molar-refractivity contribution in [3.8, 4) is 11.6 Å². The lowest BCUT2D eigenvalue weighted by Gasteiger charge is -2.20. The standard InChI is InChI=1S/C17H24N4O3/c1-12(24-13-7-4-2-3-5-8-13)17(22)18-11-15-19-16(21-20-15)14-9-6-10-23-14/h6,9-10,12-13H,2-5,7-8,11H2,1H3,(H,18,22)(H,19,20,21)/t12-/m0/s1. The van der Waals surface area contributed by atoms with Gasteiger partial charge in [-0.1, -0.05) is 25.7 Å². The Hall–Kier alpha value is -2.15. The van der Waals surface area contributed by atoms with Gasteiger partial charge >= 0.3 is 0 Å². The third kappa shape index (κ3) is 4.44. The van der Waals surface area contributed by atoms with Gasteiger partial charge in [0.25, 0.3) is 0 Å². The van der Waals surface area contributed by atoms with E-state index in [9.17, 15) is 4.79 Å². The van der Waals surface area contributed by atoms with E-state index in [0.29, 0.717) is 17.4 Å². The zero-order valence-electron chi connectivity index (χ0n) is 14.0. The van der Waals surface area contributed by atoms with Gasteiger partial charge in [0.2, 0.25) is 11.7 Å². The number of ether oxygens (including phenoxy) is 1. The second-order valence-electron chi connectivity index (χ2n) is 6.19. The summed E-state index contributed by atoms with van der Waals surface area (Å²) in [6.45, 7) is 2.08. The molecule has 1 saturated carbocycles. The van der Waals surface area contributed by atoms with E-state index in [4.69, 9.17) is 9.15 Å². The number of carbonyl (C=O) groups is 1. The van der Waals surface area contributed by atoms with Crippen molar-refractivity contribution >= 4 is 5.91 Å². The van der Waals surface area contributed by atoms with Crippen molar-refractivity contribution in [3.05, 3.63) is 24.2 Å². The lowest BCUT2D eigenvalue weighted by atomic mass is 10.1. The van der Waals surface area contributed by atoms with Gasteiger partial charge in [0.15, 0.2) is 5.76 Å². The summed E-state index contributed by atoms with van der Waals surface area (Å²) in [5, 5.41) is 9.71. The SMILES string of the molecule is C[C@H](OC1CCCCCC1)C(=O)NCc1nc(-c2ccco2)n[nH]1. The fourth-order valence-corrected chi connectivity index (χ4v) is 2.93. The fourth-order valence-electron chi connectivity index (χ4n) is 2.93. The van der Waals surface area contributed by atoms with Crippen LogP contribution in [0.1, 0.15) is 51.3 Å². The van der Waals surface area contributed by atoms with Crippen LogP contribution >= 0.6 is 0 Å². The van der Waals surface area contributed by atoms with E-state index >= 15 is 0 Å². The number of hydrogen-bond acceptors (Lipinski definition) is 5. The predicted molar refractivity (Wildman–Crippen MR) is 88.0 cm³/mol. The quantitative estimate of drug-likeness (QED) is 0.793. The molecule has 1 aliphatic carbocycles. The van der Waals surface area contributed by atoms with Crippen LogP contribution in [0, 0.1) is 0 Å². The van der Waals surface area contributed by atoms with Gasteiger partial charge in [-0.15, -0.1) is 5.10 Å². The van der Waals surface area contributed by atoms with Crippen molar-refractivity contribution in [3.63, 3.8) is 0 Å². The molecule has 0 saturated heterocycles. The molecule has 0 unspecified atom stereocenters. The first kappa shape index (κ1) is 16.7. The number of amides is 1. The molecule has 2 heterocycles. The minimum absolute atomic E-state index is 0.129. The molecule has 0 bridgehead atoms. The highest BCUT2D eigenvalue weighted by Crippen LogP contribution is 2.21. The van der Waals surface area contributed by atoms with Crippen LogP contribution in [0.15, 0.2) is 22.8 Å². The molecule has 0 radical (unpaired) electrons. The number of carbonyl (C=O) groups excluding carboxylic acids is 1. The third-order valence-corrected chi connectivity index (χ3v) is 4.27. The number of furan rings is 1. The molecular formula is C17H24N4O3. The number of nitrogens with one attached hydrogen (secondary N) is 2. The zero-order valence-corrected chi connectivity index (χ0v) is 14.0. The van der Waals surface area contributed by atoms with Gasteiger partial charge in [-0.05, 0) is 31.9 Å². The highest BCUT2D eigenvalue weighted by molar-refractivity contribution is 5.80. The fraction of sp³-hybridized carbons (Fsp3) is 0.588. The second kappa shape index (κ2) is 8.10. The van der Waals surface area contributed by atoms with Gasteiger partial charge in [-0.25, -0.2) is 4.98 Å². The zero-order chi connectivity index (χ0) is 16.8. The Kier molecular flexibility index (Phi) is 5.63. The van der Waals surface area contributed by atoms with Crippen molar-refractivity contribution in [2.24, 2.45) is 0 Å². The molecule has 2 aromatic heterocycles. The van der Waals surface area contributed by atoms with Crippen LogP contribution in [0.25, 0.3) is 11.6 Å². The van der Waals surface area contributed by atoms with Gasteiger partial charge in [-0.3, -0.25) is 9.89 Å². The number of hydrogen-bond donors (Lipinski definition) is 2. The molecule has 7 nitrogen and oxygen atoms in total. The molecule has 0 spiro atoms. The predicted octanol–water partition coefficient (Wildman–Crippen LogP) is 2.81. The van der Waals surface area contributed by atoms with Crippen molar-refractivity contribution in [1.29, 1.82) is 0 Å². The summed E-state index contributed by atoms with van der Waals surface area (Å²) in [5.41, 5.74) is 0. The molecule has 1 atom stereocenters. The monoisotopic (exact) mass is 332 g/mol. The maximum Gasteiger partial charge on any atom is 0.249 e. The van der Waals surface area contributed by atoms with Crippen molar-refractivity contribution in [2.75, 3.05) is 0 Å². The third-order valence-electron chi connectivity index (χ3n) is 4.27. The molecular weight excluding hydrogens is 308 g/mol. The highest BCUT2D eigenvalue weighted by atomic mass is 16.5. The van der Waals surface area contributed by atoms with Crippen LogP contribution in [0.5, 0.6) is 0 Å². The summed E-state index contributed by atoms with van der Waals surface area (Å²) in [7, 11) is 0. The van der Waals surface area contributed by atoms with E-state index in [1.807, 2.05) is 0 Å². The molecule has 1 amide bonds. The largest absolute Gasteiger partial charge is 0.461 e. The lowest BCUT2D eigenvalue weighted by Crippen LogP contribution is -2.36. The van der Waals surface area contributed by atoms with E-state index in [-0.39, 0.29) is 18.6 Å². The Morgan fingerprint density at radius 1 is 1.42 bits per heavy atom. The maximum atomic E-state index is 12.2. The van der Waals surface area contributed by atoms with E-state index in [2.05, 4.69) is 20.5 Å². The molecule has 0 aliphatic heterocycles. The Morgan fingerprint density at radius 3 is 2.92 bits per heavy atom. The first-order valence-electron chi connectivity index (χ1n) is 8.60. The second-order valence-corrected chi connectivity index (χ2v) is 6.19. The number of nitrogens with zero attached hydrogens (tertiary/aromatic N) is 2. The number of rotatable bonds is 6. The summed E-state index contributed by atoms with van der Waals surface area (Å²) >= 11 is 0. The van der Waals surface area contributed by atoms with Crippen LogP contribution in [-0.2, 0) is 16.1 Å². The topological polar surface area (TPSA) is 93.0 Å².